The van der Waals surface area contributed by atoms with Gasteiger partial charge in [-0.15, -0.1) is 11.3 Å². The quantitative estimate of drug-likeness (QED) is 0.764. The summed E-state index contributed by atoms with van der Waals surface area (Å²) in [5.74, 6) is -0.510. The van der Waals surface area contributed by atoms with Crippen LogP contribution in [0.5, 0.6) is 0 Å². The number of nitrogens with zero attached hydrogens (tertiary/aromatic N) is 2. The van der Waals surface area contributed by atoms with Gasteiger partial charge in [-0.05, 0) is 37.3 Å². The van der Waals surface area contributed by atoms with E-state index >= 15 is 0 Å². The third-order valence-electron chi connectivity index (χ3n) is 5.74. The van der Waals surface area contributed by atoms with Crippen LogP contribution < -0.4 is 11.1 Å². The fourth-order valence-corrected chi connectivity index (χ4v) is 5.61. The summed E-state index contributed by atoms with van der Waals surface area (Å²) in [6, 6.07) is 8.62. The van der Waals surface area contributed by atoms with Gasteiger partial charge in [0.2, 0.25) is 5.91 Å². The Kier molecular flexibility index (Phi) is 5.99. The van der Waals surface area contributed by atoms with E-state index < -0.39 is 5.91 Å². The minimum Gasteiger partial charge on any atom is -0.365 e. The fourth-order valence-electron chi connectivity index (χ4n) is 4.30. The van der Waals surface area contributed by atoms with Gasteiger partial charge >= 0.3 is 0 Å². The van der Waals surface area contributed by atoms with Gasteiger partial charge < -0.3 is 11.1 Å². The number of piperazine rings is 1. The number of carbonyl (C=O) groups excluding carboxylic acids is 2. The van der Waals surface area contributed by atoms with E-state index in [1.165, 1.54) is 27.3 Å². The molecule has 154 valence electrons. The van der Waals surface area contributed by atoms with Gasteiger partial charge in [0.05, 0.1) is 12.1 Å². The highest BCUT2D eigenvalue weighted by molar-refractivity contribution is 7.17. The molecule has 0 atom stereocenters. The van der Waals surface area contributed by atoms with Crippen LogP contribution in [0.2, 0.25) is 0 Å². The Labute approximate surface area is 175 Å². The van der Waals surface area contributed by atoms with E-state index in [1.54, 1.807) is 0 Å². The largest absolute Gasteiger partial charge is 0.365 e. The van der Waals surface area contributed by atoms with Crippen LogP contribution in [0, 0.1) is 6.92 Å². The van der Waals surface area contributed by atoms with Gasteiger partial charge in [-0.2, -0.15) is 0 Å². The molecule has 1 fully saturated rings. The zero-order valence-corrected chi connectivity index (χ0v) is 17.7. The lowest BCUT2D eigenvalue weighted by Crippen LogP contribution is -2.48. The van der Waals surface area contributed by atoms with Gasteiger partial charge in [0.25, 0.3) is 5.91 Å². The van der Waals surface area contributed by atoms with Crippen molar-refractivity contribution in [3.8, 4) is 0 Å². The summed E-state index contributed by atoms with van der Waals surface area (Å²) in [4.78, 5) is 30.3. The number of primary amides is 1. The third-order valence-corrected chi connectivity index (χ3v) is 6.95. The van der Waals surface area contributed by atoms with E-state index in [4.69, 9.17) is 5.73 Å². The van der Waals surface area contributed by atoms with Crippen molar-refractivity contribution in [2.24, 2.45) is 5.73 Å². The summed E-state index contributed by atoms with van der Waals surface area (Å²) in [5.41, 5.74) is 9.77. The Morgan fingerprint density at radius 3 is 2.62 bits per heavy atom. The molecular formula is C22H28N4O2S. The summed E-state index contributed by atoms with van der Waals surface area (Å²) in [6.45, 7) is 7.03. The first-order valence-corrected chi connectivity index (χ1v) is 11.1. The minimum absolute atomic E-state index is 0.0699. The number of carbonyl (C=O) groups is 2. The van der Waals surface area contributed by atoms with Gasteiger partial charge in [-0.1, -0.05) is 29.8 Å². The summed E-state index contributed by atoms with van der Waals surface area (Å²) < 4.78 is 0. The number of benzene rings is 1. The lowest BCUT2D eigenvalue weighted by atomic mass is 10.1. The molecule has 0 bridgehead atoms. The number of thiophene rings is 1. The second-order valence-corrected chi connectivity index (χ2v) is 9.12. The highest BCUT2D eigenvalue weighted by atomic mass is 32.1. The first-order chi connectivity index (χ1) is 14.0. The van der Waals surface area contributed by atoms with E-state index in [1.807, 2.05) is 0 Å². The maximum Gasteiger partial charge on any atom is 0.251 e. The molecule has 1 aliphatic carbocycles. The second-order valence-electron chi connectivity index (χ2n) is 8.02. The summed E-state index contributed by atoms with van der Waals surface area (Å²) >= 11 is 1.51. The van der Waals surface area contributed by atoms with Crippen molar-refractivity contribution < 1.29 is 9.59 Å². The van der Waals surface area contributed by atoms with Crippen LogP contribution in [0.1, 0.15) is 38.3 Å². The molecule has 4 rings (SSSR count). The van der Waals surface area contributed by atoms with Crippen LogP contribution >= 0.6 is 11.3 Å². The number of fused-ring (bicyclic) bond motifs is 1. The molecule has 0 unspecified atom stereocenters. The van der Waals surface area contributed by atoms with Crippen molar-refractivity contribution in [1.82, 2.24) is 9.80 Å². The van der Waals surface area contributed by atoms with Crippen molar-refractivity contribution in [2.45, 2.75) is 32.7 Å². The summed E-state index contributed by atoms with van der Waals surface area (Å²) in [7, 11) is 0. The SMILES string of the molecule is Cc1cccc(CN2CCN(CC(=O)Nc3sc4c(c3C(N)=O)CCC4)CC2)c1. The number of amides is 2. The van der Waals surface area contributed by atoms with Gasteiger partial charge in [0.1, 0.15) is 5.00 Å². The molecular weight excluding hydrogens is 384 g/mol. The predicted octanol–water partition coefficient (Wildman–Crippen LogP) is 2.40. The maximum atomic E-state index is 12.6. The summed E-state index contributed by atoms with van der Waals surface area (Å²) in [5, 5.41) is 3.58. The molecule has 2 aliphatic rings. The highest BCUT2D eigenvalue weighted by Crippen LogP contribution is 2.38. The lowest BCUT2D eigenvalue weighted by Gasteiger charge is -2.34. The number of hydrogen-bond donors (Lipinski definition) is 2. The first-order valence-electron chi connectivity index (χ1n) is 10.2. The summed E-state index contributed by atoms with van der Waals surface area (Å²) in [6.07, 6.45) is 2.91. The molecule has 2 amide bonds. The van der Waals surface area contributed by atoms with E-state index in [0.29, 0.717) is 17.1 Å². The Morgan fingerprint density at radius 1 is 1.14 bits per heavy atom. The molecule has 7 heteroatoms. The van der Waals surface area contributed by atoms with E-state index in [0.717, 1.165) is 57.5 Å². The predicted molar refractivity (Wildman–Crippen MR) is 116 cm³/mol. The third kappa shape index (κ3) is 4.69. The molecule has 0 saturated carbocycles. The van der Waals surface area contributed by atoms with Crippen molar-refractivity contribution in [3.63, 3.8) is 0 Å². The number of nitrogens with one attached hydrogen (secondary N) is 1. The molecule has 3 N–H and O–H groups in total. The van der Waals surface area contributed by atoms with Gasteiger partial charge in [-0.25, -0.2) is 0 Å². The molecule has 2 aromatic rings. The topological polar surface area (TPSA) is 78.7 Å². The number of aryl methyl sites for hydroxylation is 2. The normalized spacial score (nSPS) is 17.3. The van der Waals surface area contributed by atoms with E-state index in [-0.39, 0.29) is 5.91 Å². The van der Waals surface area contributed by atoms with Crippen LogP contribution in [0.4, 0.5) is 5.00 Å². The fraction of sp³-hybridized carbons (Fsp3) is 0.455. The zero-order chi connectivity index (χ0) is 20.4. The monoisotopic (exact) mass is 412 g/mol. The Hall–Kier alpha value is -2.22. The van der Waals surface area contributed by atoms with Crippen LogP contribution in [-0.4, -0.2) is 54.3 Å². The molecule has 29 heavy (non-hydrogen) atoms. The Bertz CT molecular complexity index is 916. The van der Waals surface area contributed by atoms with Crippen molar-refractivity contribution in [3.05, 3.63) is 51.4 Å². The van der Waals surface area contributed by atoms with E-state index in [2.05, 4.69) is 46.3 Å². The highest BCUT2D eigenvalue weighted by Gasteiger charge is 2.27. The molecule has 1 aromatic heterocycles. The standard InChI is InChI=1S/C22H28N4O2S/c1-15-4-2-5-16(12-15)13-25-8-10-26(11-9-25)14-19(27)24-22-20(21(23)28)17-6-3-7-18(17)29-22/h2,4-5,12H,3,6-11,13-14H2,1H3,(H2,23,28)(H,24,27). The van der Waals surface area contributed by atoms with Gasteiger partial charge in [0.15, 0.2) is 0 Å². The van der Waals surface area contributed by atoms with E-state index in [9.17, 15) is 9.59 Å². The van der Waals surface area contributed by atoms with Gasteiger partial charge in [0, 0.05) is 37.6 Å². The average molecular weight is 413 g/mol. The molecule has 0 radical (unpaired) electrons. The van der Waals surface area contributed by atoms with Crippen molar-refractivity contribution >= 4 is 28.2 Å². The van der Waals surface area contributed by atoms with Crippen molar-refractivity contribution in [1.29, 1.82) is 0 Å². The average Bonchev–Trinajstić information content (AvgIpc) is 3.23. The Morgan fingerprint density at radius 2 is 1.90 bits per heavy atom. The number of anilines is 1. The molecule has 1 aromatic carbocycles. The minimum atomic E-state index is -0.440. The Balaban J connectivity index is 1.29. The molecule has 0 spiro atoms. The number of nitrogens with two attached hydrogens (primary N) is 1. The smallest absolute Gasteiger partial charge is 0.251 e. The van der Waals surface area contributed by atoms with Crippen LogP contribution in [-0.2, 0) is 24.2 Å². The van der Waals surface area contributed by atoms with Crippen molar-refractivity contribution in [2.75, 3.05) is 38.0 Å². The van der Waals surface area contributed by atoms with Crippen LogP contribution in [0.3, 0.4) is 0 Å². The number of hydrogen-bond acceptors (Lipinski definition) is 5. The molecule has 1 saturated heterocycles. The van der Waals surface area contributed by atoms with Gasteiger partial charge in [-0.3, -0.25) is 19.4 Å². The molecule has 6 nitrogen and oxygen atoms in total. The van der Waals surface area contributed by atoms with Crippen LogP contribution in [0.25, 0.3) is 0 Å². The lowest BCUT2D eigenvalue weighted by molar-refractivity contribution is -0.117. The second kappa shape index (κ2) is 8.65. The molecule has 2 heterocycles. The first kappa shape index (κ1) is 20.1. The number of rotatable bonds is 6. The zero-order valence-electron chi connectivity index (χ0n) is 16.9. The maximum absolute atomic E-state index is 12.6. The molecule has 1 aliphatic heterocycles. The van der Waals surface area contributed by atoms with Crippen LogP contribution in [0.15, 0.2) is 24.3 Å².